The molecule has 21 heavy (non-hydrogen) atoms. The predicted molar refractivity (Wildman–Crippen MR) is 53.5 cm³/mol. The van der Waals surface area contributed by atoms with Gasteiger partial charge in [-0.15, -0.1) is 13.2 Å². The smallest absolute Gasteiger partial charge is 0.406 e. The minimum absolute atomic E-state index is 0.0534. The Bertz CT molecular complexity index is 549. The van der Waals surface area contributed by atoms with Crippen LogP contribution in [0.5, 0.6) is 5.75 Å². The van der Waals surface area contributed by atoms with Crippen LogP contribution in [0.2, 0.25) is 5.02 Å². The lowest BCUT2D eigenvalue weighted by atomic mass is 10.0. The van der Waals surface area contributed by atoms with Crippen LogP contribution in [0.1, 0.15) is 10.4 Å². The van der Waals surface area contributed by atoms with Gasteiger partial charge in [-0.2, -0.15) is 22.0 Å². The lowest BCUT2D eigenvalue weighted by Crippen LogP contribution is -2.44. The van der Waals surface area contributed by atoms with Crippen molar-refractivity contribution in [3.8, 4) is 5.75 Å². The molecule has 0 aliphatic heterocycles. The van der Waals surface area contributed by atoms with E-state index in [1.54, 1.807) is 0 Å². The van der Waals surface area contributed by atoms with Crippen LogP contribution in [0.15, 0.2) is 18.2 Å². The second-order valence-electron chi connectivity index (χ2n) is 3.59. The first-order valence-corrected chi connectivity index (χ1v) is 5.18. The van der Waals surface area contributed by atoms with Crippen molar-refractivity contribution in [3.63, 3.8) is 0 Å². The number of carbonyl (C=O) groups is 1. The van der Waals surface area contributed by atoms with Crippen molar-refractivity contribution in [2.24, 2.45) is 0 Å². The topological polar surface area (TPSA) is 26.3 Å². The molecule has 1 aromatic rings. The lowest BCUT2D eigenvalue weighted by molar-refractivity contribution is -0.274. The van der Waals surface area contributed by atoms with Crippen LogP contribution < -0.4 is 4.74 Å². The number of Topliss-reactive ketones (excluding diaryl/α,β-unsaturated/α-hetero) is 1. The number of halogens is 9. The summed E-state index contributed by atoms with van der Waals surface area (Å²) in [5.74, 6) is -9.74. The molecular formula is C10H3ClF8O2. The monoisotopic (exact) mass is 342 g/mol. The van der Waals surface area contributed by atoms with Crippen LogP contribution in [0, 0.1) is 0 Å². The molecule has 1 aromatic carbocycles. The number of rotatable bonds is 3. The molecule has 0 aliphatic carbocycles. The highest BCUT2D eigenvalue weighted by Gasteiger charge is 2.63. The van der Waals surface area contributed by atoms with Gasteiger partial charge in [0.1, 0.15) is 5.75 Å². The summed E-state index contributed by atoms with van der Waals surface area (Å²) in [7, 11) is 0. The summed E-state index contributed by atoms with van der Waals surface area (Å²) in [6, 6.07) is 1.14. The maximum Gasteiger partial charge on any atom is 0.573 e. The summed E-state index contributed by atoms with van der Waals surface area (Å²) < 4.78 is 101. The van der Waals surface area contributed by atoms with E-state index in [1.165, 1.54) is 0 Å². The van der Waals surface area contributed by atoms with E-state index >= 15 is 0 Å². The number of hydrogen-bond donors (Lipinski definition) is 0. The third-order valence-electron chi connectivity index (χ3n) is 2.06. The maximum atomic E-state index is 12.9. The van der Waals surface area contributed by atoms with E-state index in [9.17, 15) is 39.9 Å². The van der Waals surface area contributed by atoms with E-state index < -0.39 is 40.6 Å². The van der Waals surface area contributed by atoms with Gasteiger partial charge in [-0.1, -0.05) is 11.6 Å². The highest BCUT2D eigenvalue weighted by molar-refractivity contribution is 6.34. The third-order valence-corrected chi connectivity index (χ3v) is 2.39. The largest absolute Gasteiger partial charge is 0.573 e. The molecule has 0 spiro atoms. The fraction of sp³-hybridized carbons (Fsp3) is 0.300. The van der Waals surface area contributed by atoms with Crippen molar-refractivity contribution in [1.29, 1.82) is 0 Å². The molecule has 0 radical (unpaired) electrons. The number of hydrogen-bond acceptors (Lipinski definition) is 2. The molecule has 0 saturated carbocycles. The fourth-order valence-corrected chi connectivity index (χ4v) is 1.38. The first kappa shape index (κ1) is 17.5. The van der Waals surface area contributed by atoms with E-state index in [-0.39, 0.29) is 6.07 Å². The van der Waals surface area contributed by atoms with Crippen LogP contribution in [0.25, 0.3) is 0 Å². The molecule has 0 unspecified atom stereocenters. The first-order chi connectivity index (χ1) is 9.25. The summed E-state index contributed by atoms with van der Waals surface area (Å²) in [5, 5.41) is -0.876. The average molecular weight is 343 g/mol. The van der Waals surface area contributed by atoms with E-state index in [1.807, 2.05) is 0 Å². The molecule has 0 aromatic heterocycles. The number of alkyl halides is 8. The maximum absolute atomic E-state index is 12.9. The Morgan fingerprint density at radius 2 is 1.52 bits per heavy atom. The Balaban J connectivity index is 3.25. The van der Waals surface area contributed by atoms with Gasteiger partial charge < -0.3 is 4.74 Å². The summed E-state index contributed by atoms with van der Waals surface area (Å²) >= 11 is 5.26. The van der Waals surface area contributed by atoms with Crippen molar-refractivity contribution in [3.05, 3.63) is 28.8 Å². The zero-order chi connectivity index (χ0) is 16.6. The fourth-order valence-electron chi connectivity index (χ4n) is 1.17. The third kappa shape index (κ3) is 3.96. The molecule has 0 bridgehead atoms. The van der Waals surface area contributed by atoms with Gasteiger partial charge in [0, 0.05) is 5.56 Å². The minimum atomic E-state index is -6.21. The molecule has 0 fully saturated rings. The molecule has 1 rings (SSSR count). The summed E-state index contributed by atoms with van der Waals surface area (Å²) in [6.07, 6.45) is -11.4. The van der Waals surface area contributed by atoms with Crippen molar-refractivity contribution in [2.45, 2.75) is 18.5 Å². The van der Waals surface area contributed by atoms with Crippen molar-refractivity contribution < 1.29 is 44.7 Å². The van der Waals surface area contributed by atoms with Crippen LogP contribution in [0.3, 0.4) is 0 Å². The van der Waals surface area contributed by atoms with Crippen LogP contribution in [0.4, 0.5) is 35.1 Å². The number of carbonyl (C=O) groups excluding carboxylic acids is 1. The van der Waals surface area contributed by atoms with Gasteiger partial charge in [0.15, 0.2) is 0 Å². The normalized spacial score (nSPS) is 13.2. The van der Waals surface area contributed by atoms with E-state index in [2.05, 4.69) is 4.74 Å². The van der Waals surface area contributed by atoms with Gasteiger partial charge in [-0.25, -0.2) is 0 Å². The second kappa shape index (κ2) is 5.32. The van der Waals surface area contributed by atoms with Gasteiger partial charge >= 0.3 is 18.5 Å². The Morgan fingerprint density at radius 3 is 1.95 bits per heavy atom. The van der Waals surface area contributed by atoms with Crippen molar-refractivity contribution in [1.82, 2.24) is 0 Å². The zero-order valence-electron chi connectivity index (χ0n) is 9.45. The Morgan fingerprint density at radius 1 is 1.00 bits per heavy atom. The molecule has 2 nitrogen and oxygen atoms in total. The summed E-state index contributed by atoms with van der Waals surface area (Å²) in [4.78, 5) is 11.2. The molecule has 0 heterocycles. The van der Waals surface area contributed by atoms with E-state index in [0.717, 1.165) is 0 Å². The minimum Gasteiger partial charge on any atom is -0.406 e. The Labute approximate surface area is 116 Å². The van der Waals surface area contributed by atoms with Crippen LogP contribution in [-0.2, 0) is 0 Å². The Kier molecular flexibility index (Phi) is 4.42. The molecule has 0 aliphatic rings. The molecule has 0 saturated heterocycles. The zero-order valence-corrected chi connectivity index (χ0v) is 10.2. The molecule has 0 atom stereocenters. The summed E-state index contributed by atoms with van der Waals surface area (Å²) in [5.41, 5.74) is -1.44. The van der Waals surface area contributed by atoms with Crippen LogP contribution in [-0.4, -0.2) is 24.2 Å². The molecular weight excluding hydrogens is 340 g/mol. The summed E-state index contributed by atoms with van der Waals surface area (Å²) in [6.45, 7) is 0. The standard InChI is InChI=1S/C10H3ClF8O2/c11-6-2-1-4(21-10(17,18)19)3-5(6)7(20)8(12,13)9(14,15)16/h1-3H. The highest BCUT2D eigenvalue weighted by atomic mass is 35.5. The van der Waals surface area contributed by atoms with Gasteiger partial charge in [-0.3, -0.25) is 4.79 Å². The highest BCUT2D eigenvalue weighted by Crippen LogP contribution is 2.40. The second-order valence-corrected chi connectivity index (χ2v) is 4.00. The SMILES string of the molecule is O=C(c1cc(OC(F)(F)F)ccc1Cl)C(F)(F)C(F)(F)F. The molecule has 11 heteroatoms. The molecule has 0 N–H and O–H groups in total. The lowest BCUT2D eigenvalue weighted by Gasteiger charge is -2.19. The van der Waals surface area contributed by atoms with Gasteiger partial charge in [0.25, 0.3) is 0 Å². The number of ether oxygens (including phenoxy) is 1. The van der Waals surface area contributed by atoms with E-state index in [0.29, 0.717) is 12.1 Å². The van der Waals surface area contributed by atoms with Gasteiger partial charge in [0.2, 0.25) is 5.78 Å². The van der Waals surface area contributed by atoms with Crippen molar-refractivity contribution in [2.75, 3.05) is 0 Å². The first-order valence-electron chi connectivity index (χ1n) is 4.80. The van der Waals surface area contributed by atoms with E-state index in [4.69, 9.17) is 11.6 Å². The van der Waals surface area contributed by atoms with Crippen LogP contribution >= 0.6 is 11.6 Å². The predicted octanol–water partition coefficient (Wildman–Crippen LogP) is 4.62. The number of ketones is 1. The number of benzene rings is 1. The van der Waals surface area contributed by atoms with Gasteiger partial charge in [0.05, 0.1) is 5.02 Å². The molecule has 0 amide bonds. The quantitative estimate of drug-likeness (QED) is 0.592. The van der Waals surface area contributed by atoms with Crippen molar-refractivity contribution >= 4 is 17.4 Å². The Hall–Kier alpha value is -1.58. The average Bonchev–Trinajstić information content (AvgIpc) is 2.27. The molecule has 118 valence electrons. The van der Waals surface area contributed by atoms with Gasteiger partial charge in [-0.05, 0) is 18.2 Å².